The second-order valence-corrected chi connectivity index (χ2v) is 5.63. The molecule has 1 atom stereocenters. The highest BCUT2D eigenvalue weighted by molar-refractivity contribution is 8.00. The molecule has 0 saturated carbocycles. The highest BCUT2D eigenvalue weighted by Crippen LogP contribution is 2.34. The van der Waals surface area contributed by atoms with Crippen LogP contribution in [-0.2, 0) is 4.79 Å². The van der Waals surface area contributed by atoms with Crippen LogP contribution in [0.3, 0.4) is 0 Å². The van der Waals surface area contributed by atoms with Crippen molar-refractivity contribution in [3.05, 3.63) is 65.5 Å². The molecule has 0 fully saturated rings. The Balaban J connectivity index is 2.33. The first-order valence-electron chi connectivity index (χ1n) is 6.20. The Morgan fingerprint density at radius 1 is 1.15 bits per heavy atom. The van der Waals surface area contributed by atoms with Crippen LogP contribution in [0.4, 0.5) is 0 Å². The molecule has 0 unspecified atom stereocenters. The number of likely N-dealkylation sites (N-methyl/N-ethyl adjacent to an activating group) is 1. The number of carbonyl (C=O) groups is 1. The molecule has 1 aromatic carbocycles. The molecule has 20 heavy (non-hydrogen) atoms. The van der Waals surface area contributed by atoms with Crippen molar-refractivity contribution in [2.45, 2.75) is 10.3 Å². The largest absolute Gasteiger partial charge is 0.618 e. The van der Waals surface area contributed by atoms with Crippen LogP contribution < -0.4 is 4.73 Å². The molecule has 4 nitrogen and oxygen atoms in total. The summed E-state index contributed by atoms with van der Waals surface area (Å²) in [5, 5.41) is 11.8. The summed E-state index contributed by atoms with van der Waals surface area (Å²) in [4.78, 5) is 13.9. The standard InChI is InChI=1S/C15H16N2O2S/c1-16(2)15(18)14(12-8-4-3-5-9-12)20-13-10-6-7-11-17(13)19/h3-11,14H,1-2H3/t14-/m0/s1. The van der Waals surface area contributed by atoms with Gasteiger partial charge in [-0.05, 0) is 23.4 Å². The van der Waals surface area contributed by atoms with Crippen LogP contribution in [0.2, 0.25) is 0 Å². The summed E-state index contributed by atoms with van der Waals surface area (Å²) in [5.74, 6) is -0.0370. The number of amides is 1. The van der Waals surface area contributed by atoms with Gasteiger partial charge in [-0.1, -0.05) is 30.3 Å². The molecular formula is C15H16N2O2S. The van der Waals surface area contributed by atoms with Gasteiger partial charge in [0.2, 0.25) is 5.91 Å². The zero-order valence-corrected chi connectivity index (χ0v) is 12.2. The number of hydrogen-bond acceptors (Lipinski definition) is 3. The second-order valence-electron chi connectivity index (χ2n) is 4.51. The van der Waals surface area contributed by atoms with Crippen LogP contribution in [0.25, 0.3) is 0 Å². The molecule has 1 amide bonds. The van der Waals surface area contributed by atoms with Gasteiger partial charge in [-0.25, -0.2) is 0 Å². The summed E-state index contributed by atoms with van der Waals surface area (Å²) < 4.78 is 0.781. The van der Waals surface area contributed by atoms with Crippen LogP contribution in [-0.4, -0.2) is 24.9 Å². The smallest absolute Gasteiger partial charge is 0.252 e. The molecule has 0 bridgehead atoms. The molecule has 0 saturated heterocycles. The van der Waals surface area contributed by atoms with E-state index in [1.165, 1.54) is 18.0 Å². The molecule has 5 heteroatoms. The van der Waals surface area contributed by atoms with Gasteiger partial charge in [-0.15, -0.1) is 0 Å². The van der Waals surface area contributed by atoms with Gasteiger partial charge >= 0.3 is 0 Å². The van der Waals surface area contributed by atoms with Crippen LogP contribution >= 0.6 is 11.8 Å². The Morgan fingerprint density at radius 3 is 2.40 bits per heavy atom. The summed E-state index contributed by atoms with van der Waals surface area (Å²) >= 11 is 1.26. The Hall–Kier alpha value is -2.01. The zero-order valence-electron chi connectivity index (χ0n) is 11.4. The van der Waals surface area contributed by atoms with E-state index in [1.54, 1.807) is 37.2 Å². The lowest BCUT2D eigenvalue weighted by Crippen LogP contribution is -2.31. The van der Waals surface area contributed by atoms with Crippen LogP contribution in [0, 0.1) is 5.21 Å². The summed E-state index contributed by atoms with van der Waals surface area (Å²) in [7, 11) is 3.43. The van der Waals surface area contributed by atoms with Crippen molar-refractivity contribution >= 4 is 17.7 Å². The van der Waals surface area contributed by atoms with Crippen molar-refractivity contribution in [3.8, 4) is 0 Å². The Bertz CT molecular complexity index is 587. The summed E-state index contributed by atoms with van der Waals surface area (Å²) in [6.45, 7) is 0. The first kappa shape index (κ1) is 14.4. The topological polar surface area (TPSA) is 47.2 Å². The third-order valence-electron chi connectivity index (χ3n) is 2.79. The third-order valence-corrected chi connectivity index (χ3v) is 4.06. The molecule has 0 spiro atoms. The summed E-state index contributed by atoms with van der Waals surface area (Å²) in [6, 6.07) is 14.7. The van der Waals surface area contributed by atoms with Gasteiger partial charge in [-0.2, -0.15) is 4.73 Å². The van der Waals surface area contributed by atoms with E-state index in [9.17, 15) is 10.0 Å². The van der Waals surface area contributed by atoms with E-state index in [0.717, 1.165) is 10.3 Å². The van der Waals surface area contributed by atoms with E-state index in [0.29, 0.717) is 5.03 Å². The van der Waals surface area contributed by atoms with Gasteiger partial charge in [-0.3, -0.25) is 4.79 Å². The van der Waals surface area contributed by atoms with Crippen molar-refractivity contribution in [3.63, 3.8) is 0 Å². The maximum atomic E-state index is 12.4. The molecule has 0 N–H and O–H groups in total. The number of carbonyl (C=O) groups excluding carboxylic acids is 1. The number of aromatic nitrogens is 1. The molecule has 104 valence electrons. The maximum Gasteiger partial charge on any atom is 0.252 e. The predicted molar refractivity (Wildman–Crippen MR) is 79.1 cm³/mol. The SMILES string of the molecule is CN(C)C(=O)[C@@H](Sc1cccc[n+]1[O-])c1ccccc1. The van der Waals surface area contributed by atoms with Gasteiger partial charge in [0.25, 0.3) is 5.03 Å². The minimum atomic E-state index is -0.422. The Kier molecular flexibility index (Phi) is 4.63. The fraction of sp³-hybridized carbons (Fsp3) is 0.200. The van der Waals surface area contributed by atoms with Crippen LogP contribution in [0.5, 0.6) is 0 Å². The number of thioether (sulfide) groups is 1. The van der Waals surface area contributed by atoms with Crippen LogP contribution in [0.1, 0.15) is 10.8 Å². The maximum absolute atomic E-state index is 12.4. The first-order chi connectivity index (χ1) is 9.59. The fourth-order valence-electron chi connectivity index (χ4n) is 1.75. The summed E-state index contributed by atoms with van der Waals surface area (Å²) in [6.07, 6.45) is 1.44. The fourth-order valence-corrected chi connectivity index (χ4v) is 2.92. The number of hydrogen-bond donors (Lipinski definition) is 0. The summed E-state index contributed by atoms with van der Waals surface area (Å²) in [5.41, 5.74) is 0.889. The predicted octanol–water partition coefficient (Wildman–Crippen LogP) is 2.24. The monoisotopic (exact) mass is 288 g/mol. The number of benzene rings is 1. The van der Waals surface area contributed by atoms with Gasteiger partial charge in [0.15, 0.2) is 6.20 Å². The van der Waals surface area contributed by atoms with Gasteiger partial charge in [0, 0.05) is 26.2 Å². The zero-order chi connectivity index (χ0) is 14.5. The van der Waals surface area contributed by atoms with Crippen LogP contribution in [0.15, 0.2) is 59.8 Å². The molecule has 2 aromatic rings. The molecule has 1 aromatic heterocycles. The lowest BCUT2D eigenvalue weighted by atomic mass is 10.1. The second kappa shape index (κ2) is 6.43. The third kappa shape index (κ3) is 3.30. The van der Waals surface area contributed by atoms with E-state index in [2.05, 4.69) is 0 Å². The van der Waals surface area contributed by atoms with Gasteiger partial charge in [0.1, 0.15) is 5.25 Å². The van der Waals surface area contributed by atoms with E-state index >= 15 is 0 Å². The van der Waals surface area contributed by atoms with E-state index < -0.39 is 5.25 Å². The molecule has 1 heterocycles. The van der Waals surface area contributed by atoms with Crippen molar-refractivity contribution in [1.29, 1.82) is 0 Å². The molecule has 0 aliphatic carbocycles. The average Bonchev–Trinajstić information content (AvgIpc) is 2.46. The minimum absolute atomic E-state index is 0.0370. The average molecular weight is 288 g/mol. The molecule has 0 radical (unpaired) electrons. The van der Waals surface area contributed by atoms with E-state index in [4.69, 9.17) is 0 Å². The van der Waals surface area contributed by atoms with Crippen molar-refractivity contribution < 1.29 is 9.52 Å². The van der Waals surface area contributed by atoms with E-state index in [-0.39, 0.29) is 5.91 Å². The normalized spacial score (nSPS) is 11.9. The van der Waals surface area contributed by atoms with Crippen molar-refractivity contribution in [1.82, 2.24) is 4.90 Å². The highest BCUT2D eigenvalue weighted by Gasteiger charge is 2.26. The first-order valence-corrected chi connectivity index (χ1v) is 7.08. The molecule has 2 rings (SSSR count). The Morgan fingerprint density at radius 2 is 1.80 bits per heavy atom. The molecule has 0 aliphatic heterocycles. The molecule has 0 aliphatic rings. The highest BCUT2D eigenvalue weighted by atomic mass is 32.2. The van der Waals surface area contributed by atoms with Crippen molar-refractivity contribution in [2.75, 3.05) is 14.1 Å². The van der Waals surface area contributed by atoms with Gasteiger partial charge < -0.3 is 10.1 Å². The lowest BCUT2D eigenvalue weighted by molar-refractivity contribution is -0.645. The van der Waals surface area contributed by atoms with Gasteiger partial charge in [0.05, 0.1) is 0 Å². The lowest BCUT2D eigenvalue weighted by Gasteiger charge is -2.19. The van der Waals surface area contributed by atoms with E-state index in [1.807, 2.05) is 30.3 Å². The number of nitrogens with zero attached hydrogens (tertiary/aromatic N) is 2. The number of pyridine rings is 1. The molecular weight excluding hydrogens is 272 g/mol. The minimum Gasteiger partial charge on any atom is -0.618 e. The van der Waals surface area contributed by atoms with Crippen molar-refractivity contribution in [2.24, 2.45) is 0 Å². The quantitative estimate of drug-likeness (QED) is 0.492. The Labute approximate surface area is 122 Å². The number of rotatable bonds is 4.